The second-order valence-electron chi connectivity index (χ2n) is 11.8. The lowest BCUT2D eigenvalue weighted by Gasteiger charge is -2.36. The monoisotopic (exact) mass is 555 g/mol. The summed E-state index contributed by atoms with van der Waals surface area (Å²) < 4.78 is 14.1. The summed E-state index contributed by atoms with van der Waals surface area (Å²) in [6.07, 6.45) is 0.162. The summed E-state index contributed by atoms with van der Waals surface area (Å²) in [6, 6.07) is 24.0. The minimum atomic E-state index is -0.320. The highest BCUT2D eigenvalue weighted by Crippen LogP contribution is 2.32. The average molecular weight is 556 g/mol. The van der Waals surface area contributed by atoms with Crippen LogP contribution in [0.2, 0.25) is 0 Å². The molecule has 1 aliphatic heterocycles. The molecule has 1 saturated heterocycles. The maximum absolute atomic E-state index is 12.9. The number of rotatable bonds is 8. The van der Waals surface area contributed by atoms with Crippen LogP contribution < -0.4 is 15.4 Å². The number of hydrogen-bond donors (Lipinski definition) is 2. The number of fused-ring (bicyclic) bond motifs is 1. The SMILES string of the molecule is CC(c1ccccc1)C1CN(CCOc2ccc(NC(=O)Nc3cc(C(C)(C)C)nn3C)c3ccccc23)CCO1. The van der Waals surface area contributed by atoms with E-state index in [0.717, 1.165) is 54.1 Å². The van der Waals surface area contributed by atoms with Crippen LogP contribution in [-0.2, 0) is 17.2 Å². The lowest BCUT2D eigenvalue weighted by Crippen LogP contribution is -2.45. The van der Waals surface area contributed by atoms with Crippen molar-refractivity contribution in [2.24, 2.45) is 7.05 Å². The smallest absolute Gasteiger partial charge is 0.324 e. The fraction of sp³-hybridized carbons (Fsp3) is 0.394. The molecule has 2 amide bonds. The van der Waals surface area contributed by atoms with Crippen LogP contribution >= 0.6 is 0 Å². The molecule has 216 valence electrons. The van der Waals surface area contributed by atoms with Crippen molar-refractivity contribution in [1.82, 2.24) is 14.7 Å². The number of nitrogens with zero attached hydrogens (tertiary/aromatic N) is 3. The number of nitrogens with one attached hydrogen (secondary N) is 2. The molecule has 0 saturated carbocycles. The maximum Gasteiger partial charge on any atom is 0.324 e. The highest BCUT2D eigenvalue weighted by atomic mass is 16.5. The Hall–Kier alpha value is -3.88. The van der Waals surface area contributed by atoms with Crippen LogP contribution in [0, 0.1) is 0 Å². The molecule has 0 spiro atoms. The Labute approximate surface area is 242 Å². The van der Waals surface area contributed by atoms with E-state index in [4.69, 9.17) is 9.47 Å². The zero-order valence-electron chi connectivity index (χ0n) is 24.7. The molecule has 0 bridgehead atoms. The summed E-state index contributed by atoms with van der Waals surface area (Å²) in [5, 5.41) is 12.3. The van der Waals surface area contributed by atoms with Crippen molar-refractivity contribution in [2.45, 2.75) is 45.1 Å². The van der Waals surface area contributed by atoms with Crippen LogP contribution in [0.5, 0.6) is 5.75 Å². The summed E-state index contributed by atoms with van der Waals surface area (Å²) in [5.41, 5.74) is 2.83. The van der Waals surface area contributed by atoms with Gasteiger partial charge < -0.3 is 14.8 Å². The molecule has 2 heterocycles. The molecular weight excluding hydrogens is 514 g/mol. The number of ether oxygens (including phenoxy) is 2. The van der Waals surface area contributed by atoms with Crippen LogP contribution in [0.3, 0.4) is 0 Å². The average Bonchev–Trinajstić information content (AvgIpc) is 3.34. The molecular formula is C33H41N5O3. The molecule has 8 heteroatoms. The Balaban J connectivity index is 1.20. The zero-order valence-corrected chi connectivity index (χ0v) is 24.7. The number of aromatic nitrogens is 2. The normalized spacial score (nSPS) is 16.9. The molecule has 3 aromatic carbocycles. The Bertz CT molecular complexity index is 1480. The predicted octanol–water partition coefficient (Wildman–Crippen LogP) is 6.40. The third-order valence-corrected chi connectivity index (χ3v) is 7.75. The van der Waals surface area contributed by atoms with Crippen LogP contribution in [0.1, 0.15) is 44.9 Å². The van der Waals surface area contributed by atoms with Crippen LogP contribution in [0.4, 0.5) is 16.3 Å². The number of benzene rings is 3. The van der Waals surface area contributed by atoms with E-state index >= 15 is 0 Å². The topological polar surface area (TPSA) is 80.7 Å². The van der Waals surface area contributed by atoms with Crippen molar-refractivity contribution in [3.63, 3.8) is 0 Å². The molecule has 4 aromatic rings. The van der Waals surface area contributed by atoms with Gasteiger partial charge in [0.05, 0.1) is 24.1 Å². The zero-order chi connectivity index (χ0) is 29.0. The molecule has 1 fully saturated rings. The Morgan fingerprint density at radius 2 is 1.78 bits per heavy atom. The van der Waals surface area contributed by atoms with Crippen molar-refractivity contribution in [3.05, 3.63) is 84.1 Å². The summed E-state index contributed by atoms with van der Waals surface area (Å²) in [7, 11) is 1.83. The Morgan fingerprint density at radius 1 is 1.05 bits per heavy atom. The number of carbonyl (C=O) groups is 1. The second kappa shape index (κ2) is 12.3. The van der Waals surface area contributed by atoms with Crippen molar-refractivity contribution < 1.29 is 14.3 Å². The van der Waals surface area contributed by atoms with Gasteiger partial charge in [-0.1, -0.05) is 82.3 Å². The first-order chi connectivity index (χ1) is 19.7. The predicted molar refractivity (Wildman–Crippen MR) is 165 cm³/mol. The van der Waals surface area contributed by atoms with Crippen molar-refractivity contribution in [1.29, 1.82) is 0 Å². The van der Waals surface area contributed by atoms with Gasteiger partial charge in [0.1, 0.15) is 18.2 Å². The van der Waals surface area contributed by atoms with E-state index in [1.54, 1.807) is 4.68 Å². The van der Waals surface area contributed by atoms with Crippen LogP contribution in [0.25, 0.3) is 10.8 Å². The molecule has 0 radical (unpaired) electrons. The number of hydrogen-bond acceptors (Lipinski definition) is 5. The molecule has 2 N–H and O–H groups in total. The lowest BCUT2D eigenvalue weighted by molar-refractivity contribution is -0.0416. The summed E-state index contributed by atoms with van der Waals surface area (Å²) >= 11 is 0. The van der Waals surface area contributed by atoms with E-state index in [-0.39, 0.29) is 17.6 Å². The van der Waals surface area contributed by atoms with Gasteiger partial charge in [-0.25, -0.2) is 4.79 Å². The minimum absolute atomic E-state index is 0.107. The Morgan fingerprint density at radius 3 is 2.51 bits per heavy atom. The molecule has 2 unspecified atom stereocenters. The molecule has 5 rings (SSSR count). The van der Waals surface area contributed by atoms with Gasteiger partial charge in [-0.3, -0.25) is 14.9 Å². The molecule has 2 atom stereocenters. The number of amides is 2. The Kier molecular flexibility index (Phi) is 8.61. The highest BCUT2D eigenvalue weighted by molar-refractivity contribution is 6.07. The first-order valence-electron chi connectivity index (χ1n) is 14.3. The number of aryl methyl sites for hydroxylation is 1. The van der Waals surface area contributed by atoms with Gasteiger partial charge in [0, 0.05) is 54.9 Å². The van der Waals surface area contributed by atoms with Gasteiger partial charge in [-0.15, -0.1) is 0 Å². The summed E-state index contributed by atoms with van der Waals surface area (Å²) in [5.74, 6) is 1.77. The molecule has 0 aliphatic carbocycles. The maximum atomic E-state index is 12.9. The number of morpholine rings is 1. The molecule has 1 aromatic heterocycles. The van der Waals surface area contributed by atoms with E-state index in [2.05, 4.69) is 72.6 Å². The molecule has 1 aliphatic rings. The van der Waals surface area contributed by atoms with E-state index < -0.39 is 0 Å². The quantitative estimate of drug-likeness (QED) is 0.263. The standard InChI is InChI=1S/C33H41N5O3/c1-23(24-11-7-6-8-12-24)29-22-38(18-20-41-29)17-19-40-28-16-15-27(25-13-9-10-14-26(25)28)34-32(39)35-31-21-30(33(2,3)4)36-37(31)5/h6-16,21,23,29H,17-20,22H2,1-5H3,(H2,34,35,39). The largest absolute Gasteiger partial charge is 0.492 e. The van der Waals surface area contributed by atoms with E-state index in [0.29, 0.717) is 18.3 Å². The summed E-state index contributed by atoms with van der Waals surface area (Å²) in [6.45, 7) is 12.4. The fourth-order valence-corrected chi connectivity index (χ4v) is 5.22. The third kappa shape index (κ3) is 6.89. The van der Waals surface area contributed by atoms with Gasteiger partial charge in [-0.05, 0) is 17.7 Å². The molecule has 8 nitrogen and oxygen atoms in total. The number of carbonyl (C=O) groups excluding carboxylic acids is 1. The number of urea groups is 1. The van der Waals surface area contributed by atoms with E-state index in [1.807, 2.05) is 55.6 Å². The highest BCUT2D eigenvalue weighted by Gasteiger charge is 2.26. The van der Waals surface area contributed by atoms with Crippen molar-refractivity contribution >= 4 is 28.3 Å². The van der Waals surface area contributed by atoms with Crippen molar-refractivity contribution in [2.75, 3.05) is 43.5 Å². The summed E-state index contributed by atoms with van der Waals surface area (Å²) in [4.78, 5) is 15.3. The second-order valence-corrected chi connectivity index (χ2v) is 11.8. The first kappa shape index (κ1) is 28.6. The fourth-order valence-electron chi connectivity index (χ4n) is 5.22. The van der Waals surface area contributed by atoms with E-state index in [9.17, 15) is 4.79 Å². The van der Waals surface area contributed by atoms with Crippen LogP contribution in [-0.4, -0.2) is 59.7 Å². The van der Waals surface area contributed by atoms with Crippen molar-refractivity contribution in [3.8, 4) is 5.75 Å². The lowest BCUT2D eigenvalue weighted by atomic mass is 9.92. The molecule has 41 heavy (non-hydrogen) atoms. The third-order valence-electron chi connectivity index (χ3n) is 7.75. The van der Waals surface area contributed by atoms with Gasteiger partial charge in [0.15, 0.2) is 0 Å². The van der Waals surface area contributed by atoms with Gasteiger partial charge in [0.25, 0.3) is 0 Å². The van der Waals surface area contributed by atoms with Gasteiger partial charge >= 0.3 is 6.03 Å². The first-order valence-corrected chi connectivity index (χ1v) is 14.3. The van der Waals surface area contributed by atoms with Gasteiger partial charge in [0.2, 0.25) is 0 Å². The van der Waals surface area contributed by atoms with Crippen LogP contribution in [0.15, 0.2) is 72.8 Å². The minimum Gasteiger partial charge on any atom is -0.492 e. The van der Waals surface area contributed by atoms with Gasteiger partial charge in [-0.2, -0.15) is 5.10 Å². The van der Waals surface area contributed by atoms with E-state index in [1.165, 1.54) is 5.56 Å². The number of anilines is 2.